The average Bonchev–Trinajstić information content (AvgIpc) is 3.91. The minimum Gasteiger partial charge on any atom is -0.456 e. The van der Waals surface area contributed by atoms with E-state index >= 15 is 0 Å². The summed E-state index contributed by atoms with van der Waals surface area (Å²) in [6, 6.07) is 82.7. The first kappa shape index (κ1) is 36.6. The molecule has 0 spiro atoms. The van der Waals surface area contributed by atoms with Gasteiger partial charge in [0.05, 0.1) is 22.7 Å². The molecule has 0 atom stereocenters. The second kappa shape index (κ2) is 14.3. The Labute approximate surface area is 379 Å². The summed E-state index contributed by atoms with van der Waals surface area (Å²) in [5.74, 6) is 0. The predicted molar refractivity (Wildman–Crippen MR) is 278 cm³/mol. The third-order valence-electron chi connectivity index (χ3n) is 13.5. The Morgan fingerprint density at radius 3 is 0.879 bits per heavy atom. The van der Waals surface area contributed by atoms with E-state index in [0.29, 0.717) is 0 Å². The van der Waals surface area contributed by atoms with Crippen LogP contribution in [0.15, 0.2) is 239 Å². The Morgan fingerprint density at radius 2 is 0.515 bits per heavy atom. The van der Waals surface area contributed by atoms with Gasteiger partial charge in [0.15, 0.2) is 0 Å². The lowest BCUT2D eigenvalue weighted by Crippen LogP contribution is -2.11. The molecule has 2 heterocycles. The van der Waals surface area contributed by atoms with Crippen LogP contribution in [0.3, 0.4) is 0 Å². The van der Waals surface area contributed by atoms with Crippen LogP contribution in [0.2, 0.25) is 0 Å². The van der Waals surface area contributed by atoms with E-state index in [1.807, 2.05) is 0 Å². The number of rotatable bonds is 6. The van der Waals surface area contributed by atoms with Crippen molar-refractivity contribution in [2.75, 3.05) is 9.80 Å². The van der Waals surface area contributed by atoms with Gasteiger partial charge in [-0.15, -0.1) is 0 Å². The molecule has 0 saturated heterocycles. The van der Waals surface area contributed by atoms with E-state index in [1.54, 1.807) is 0 Å². The summed E-state index contributed by atoms with van der Waals surface area (Å²) in [7, 11) is 0. The summed E-state index contributed by atoms with van der Waals surface area (Å²) < 4.78 is 13.6. The Morgan fingerprint density at radius 1 is 0.212 bits per heavy atom. The maximum Gasteiger partial charge on any atom is 0.137 e. The van der Waals surface area contributed by atoms with Gasteiger partial charge in [-0.25, -0.2) is 0 Å². The minimum absolute atomic E-state index is 0.840. The van der Waals surface area contributed by atoms with Gasteiger partial charge in [0, 0.05) is 66.6 Å². The zero-order valence-electron chi connectivity index (χ0n) is 35.7. The van der Waals surface area contributed by atoms with Gasteiger partial charge in [-0.2, -0.15) is 0 Å². The normalized spacial score (nSPS) is 11.9. The zero-order chi connectivity index (χ0) is 43.3. The molecule has 0 aliphatic carbocycles. The Hall–Kier alpha value is -8.86. The summed E-state index contributed by atoms with van der Waals surface area (Å²) >= 11 is 0. The van der Waals surface area contributed by atoms with E-state index in [2.05, 4.69) is 240 Å². The molecular formula is C62H38N2O2. The molecule has 0 aliphatic rings. The van der Waals surface area contributed by atoms with Crippen LogP contribution in [-0.4, -0.2) is 0 Å². The van der Waals surface area contributed by atoms with Gasteiger partial charge in [0.2, 0.25) is 0 Å². The SMILES string of the molecule is c1ccc2c(N(c3ccc4c(c3)oc3cc5cc6oc7cc(N(c8cccc9ccccc89)c8cccc9ccccc89)ccc7c6cc5cc34)c3cccc4ccccc34)cccc2c1. The number of anilines is 6. The summed E-state index contributed by atoms with van der Waals surface area (Å²) in [6.07, 6.45) is 0. The first-order valence-corrected chi connectivity index (χ1v) is 22.5. The first-order chi connectivity index (χ1) is 32.7. The van der Waals surface area contributed by atoms with E-state index in [9.17, 15) is 0 Å². The maximum atomic E-state index is 6.79. The molecule has 66 heavy (non-hydrogen) atoms. The highest BCUT2D eigenvalue weighted by atomic mass is 16.3. The van der Waals surface area contributed by atoms with Crippen LogP contribution >= 0.6 is 0 Å². The summed E-state index contributed by atoms with van der Waals surface area (Å²) in [4.78, 5) is 4.75. The van der Waals surface area contributed by atoms with Crippen LogP contribution in [0.1, 0.15) is 0 Å². The largest absolute Gasteiger partial charge is 0.456 e. The molecule has 4 heteroatoms. The molecule has 0 radical (unpaired) electrons. The first-order valence-electron chi connectivity index (χ1n) is 22.5. The molecule has 2 aromatic heterocycles. The van der Waals surface area contributed by atoms with Crippen molar-refractivity contribution in [1.29, 1.82) is 0 Å². The van der Waals surface area contributed by atoms with Gasteiger partial charge in [-0.3, -0.25) is 0 Å². The quantitative estimate of drug-likeness (QED) is 0.167. The fraction of sp³-hybridized carbons (Fsp3) is 0. The predicted octanol–water partition coefficient (Wildman–Crippen LogP) is 18.2. The molecule has 0 bridgehead atoms. The molecule has 0 N–H and O–H groups in total. The van der Waals surface area contributed by atoms with Crippen LogP contribution in [0.4, 0.5) is 34.1 Å². The van der Waals surface area contributed by atoms with Gasteiger partial charge in [0.1, 0.15) is 22.3 Å². The van der Waals surface area contributed by atoms with Crippen LogP contribution < -0.4 is 9.80 Å². The Balaban J connectivity index is 0.905. The molecule has 12 aromatic carbocycles. The van der Waals surface area contributed by atoms with Crippen LogP contribution in [-0.2, 0) is 0 Å². The van der Waals surface area contributed by atoms with Crippen molar-refractivity contribution < 1.29 is 8.83 Å². The van der Waals surface area contributed by atoms with Crippen LogP contribution in [0.5, 0.6) is 0 Å². The smallest absolute Gasteiger partial charge is 0.137 e. The average molecular weight is 843 g/mol. The van der Waals surface area contributed by atoms with Crippen molar-refractivity contribution in [1.82, 2.24) is 0 Å². The zero-order valence-corrected chi connectivity index (χ0v) is 35.7. The highest BCUT2D eigenvalue weighted by molar-refractivity contribution is 6.17. The minimum atomic E-state index is 0.840. The molecule has 308 valence electrons. The number of hydrogen-bond acceptors (Lipinski definition) is 4. The number of benzene rings is 12. The third kappa shape index (κ3) is 5.65. The maximum absolute atomic E-state index is 6.79. The van der Waals surface area contributed by atoms with Crippen LogP contribution in [0.25, 0.3) is 97.7 Å². The standard InChI is InChI=1S/C62H38N2O2/c1-5-21-47-39(13-1)17-9-25-55(47)63(56-26-10-18-40-14-2-6-22-48(40)56)45-29-31-51-53-33-43-34-54-52-32-30-46(38-62(52)66-60(54)36-44(43)35-59(53)65-61(51)37-45)64(57-27-11-19-41-15-3-7-23-49(41)57)58-28-12-20-42-16-4-8-24-50(42)58/h1-38H. The van der Waals surface area contributed by atoms with Crippen molar-refractivity contribution >= 4 is 132 Å². The molecule has 0 amide bonds. The summed E-state index contributed by atoms with van der Waals surface area (Å²) in [5.41, 5.74) is 9.88. The van der Waals surface area contributed by atoms with E-state index in [1.165, 1.54) is 43.1 Å². The monoisotopic (exact) mass is 842 g/mol. The lowest BCUT2D eigenvalue weighted by Gasteiger charge is -2.28. The second-order valence-electron chi connectivity index (χ2n) is 17.3. The van der Waals surface area contributed by atoms with E-state index in [0.717, 1.165) is 88.8 Å². The molecule has 14 rings (SSSR count). The van der Waals surface area contributed by atoms with Crippen molar-refractivity contribution in [3.63, 3.8) is 0 Å². The highest BCUT2D eigenvalue weighted by Crippen LogP contribution is 2.46. The molecular weight excluding hydrogens is 805 g/mol. The number of nitrogens with zero attached hydrogens (tertiary/aromatic N) is 2. The van der Waals surface area contributed by atoms with E-state index in [-0.39, 0.29) is 0 Å². The van der Waals surface area contributed by atoms with Crippen molar-refractivity contribution in [3.8, 4) is 0 Å². The lowest BCUT2D eigenvalue weighted by molar-refractivity contribution is 0.668. The molecule has 14 aromatic rings. The number of furan rings is 2. The summed E-state index contributed by atoms with van der Waals surface area (Å²) in [5, 5.41) is 16.0. The Bertz CT molecular complexity index is 3820. The number of fused-ring (bicyclic) bond motifs is 11. The highest BCUT2D eigenvalue weighted by Gasteiger charge is 2.22. The second-order valence-corrected chi connectivity index (χ2v) is 17.3. The van der Waals surface area contributed by atoms with Crippen molar-refractivity contribution in [2.45, 2.75) is 0 Å². The molecule has 0 aliphatic heterocycles. The van der Waals surface area contributed by atoms with E-state index < -0.39 is 0 Å². The van der Waals surface area contributed by atoms with Gasteiger partial charge < -0.3 is 18.6 Å². The third-order valence-corrected chi connectivity index (χ3v) is 13.5. The molecule has 0 unspecified atom stereocenters. The Kier molecular flexibility index (Phi) is 7.95. The lowest BCUT2D eigenvalue weighted by atomic mass is 10.0. The van der Waals surface area contributed by atoms with Gasteiger partial charge in [-0.1, -0.05) is 146 Å². The summed E-state index contributed by atoms with van der Waals surface area (Å²) in [6.45, 7) is 0. The fourth-order valence-corrected chi connectivity index (χ4v) is 10.5. The molecule has 0 fully saturated rings. The molecule has 0 saturated carbocycles. The van der Waals surface area contributed by atoms with Gasteiger partial charge in [0.25, 0.3) is 0 Å². The molecule has 4 nitrogen and oxygen atoms in total. The van der Waals surface area contributed by atoms with Gasteiger partial charge >= 0.3 is 0 Å². The fourth-order valence-electron chi connectivity index (χ4n) is 10.5. The van der Waals surface area contributed by atoms with Crippen molar-refractivity contribution in [2.24, 2.45) is 0 Å². The van der Waals surface area contributed by atoms with Crippen molar-refractivity contribution in [3.05, 3.63) is 231 Å². The van der Waals surface area contributed by atoms with E-state index in [4.69, 9.17) is 8.83 Å². The number of hydrogen-bond donors (Lipinski definition) is 0. The van der Waals surface area contributed by atoms with Crippen LogP contribution in [0, 0.1) is 0 Å². The van der Waals surface area contributed by atoms with Gasteiger partial charge in [-0.05, 0) is 105 Å². The topological polar surface area (TPSA) is 32.8 Å².